The van der Waals surface area contributed by atoms with Crippen LogP contribution in [0.3, 0.4) is 0 Å². The van der Waals surface area contributed by atoms with Crippen LogP contribution in [0, 0.1) is 5.82 Å². The van der Waals surface area contributed by atoms with E-state index in [1.165, 1.54) is 0 Å². The molecule has 2 unspecified atom stereocenters. The standard InChI is InChI=1S/C24H27FN4O2/c1-16-14-30-15-17(2)29(16)24(26)27-23-13-20(31-28-23)10-8-18-9-11-21(22(25)12-18)19-6-4-3-5-7-19/h3-7,9,11-13,16-17H,8,10,14-15H2,1-2H3,(H2,26,27,28). The maximum absolute atomic E-state index is 14.6. The Morgan fingerprint density at radius 1 is 1.10 bits per heavy atom. The van der Waals surface area contributed by atoms with Crippen molar-refractivity contribution in [3.05, 3.63) is 71.7 Å². The highest BCUT2D eigenvalue weighted by atomic mass is 19.1. The molecule has 4 rings (SSSR count). The van der Waals surface area contributed by atoms with Gasteiger partial charge >= 0.3 is 0 Å². The number of nitrogens with zero attached hydrogens (tertiary/aromatic N) is 3. The molecule has 31 heavy (non-hydrogen) atoms. The number of halogens is 1. The van der Waals surface area contributed by atoms with Gasteiger partial charge in [0.1, 0.15) is 11.6 Å². The van der Waals surface area contributed by atoms with E-state index in [0.29, 0.717) is 49.2 Å². The maximum atomic E-state index is 14.6. The molecular formula is C24H27FN4O2. The SMILES string of the molecule is CC1COCC(C)N1C(N)=Nc1cc(CCc2ccc(-c3ccccc3)c(F)c2)on1. The third kappa shape index (κ3) is 4.94. The summed E-state index contributed by atoms with van der Waals surface area (Å²) in [5.41, 5.74) is 8.57. The number of hydrogen-bond acceptors (Lipinski definition) is 4. The molecule has 0 aliphatic carbocycles. The lowest BCUT2D eigenvalue weighted by atomic mass is 10.0. The van der Waals surface area contributed by atoms with Crippen molar-refractivity contribution in [1.29, 1.82) is 0 Å². The van der Waals surface area contributed by atoms with Crippen LogP contribution in [0.4, 0.5) is 10.2 Å². The van der Waals surface area contributed by atoms with Gasteiger partial charge in [0.2, 0.25) is 0 Å². The molecule has 0 spiro atoms. The fraction of sp³-hybridized carbons (Fsp3) is 0.333. The molecule has 0 radical (unpaired) electrons. The van der Waals surface area contributed by atoms with Gasteiger partial charge in [0.15, 0.2) is 11.8 Å². The van der Waals surface area contributed by atoms with Gasteiger partial charge < -0.3 is 19.9 Å². The van der Waals surface area contributed by atoms with E-state index in [1.807, 2.05) is 47.4 Å². The van der Waals surface area contributed by atoms with Gasteiger partial charge in [0.25, 0.3) is 0 Å². The second kappa shape index (κ2) is 9.31. The summed E-state index contributed by atoms with van der Waals surface area (Å²) in [5.74, 6) is 1.29. The summed E-state index contributed by atoms with van der Waals surface area (Å²) in [5, 5.41) is 4.01. The Hall–Kier alpha value is -3.19. The zero-order chi connectivity index (χ0) is 21.8. The minimum absolute atomic E-state index is 0.146. The molecule has 1 aliphatic rings. The predicted octanol–water partition coefficient (Wildman–Crippen LogP) is 4.32. The molecule has 2 heterocycles. The molecule has 3 aromatic rings. The Labute approximate surface area is 181 Å². The van der Waals surface area contributed by atoms with Crippen molar-refractivity contribution in [3.8, 4) is 11.1 Å². The van der Waals surface area contributed by atoms with E-state index in [9.17, 15) is 4.39 Å². The van der Waals surface area contributed by atoms with E-state index in [0.717, 1.165) is 11.1 Å². The van der Waals surface area contributed by atoms with Crippen molar-refractivity contribution >= 4 is 11.8 Å². The van der Waals surface area contributed by atoms with Crippen molar-refractivity contribution in [3.63, 3.8) is 0 Å². The molecule has 1 fully saturated rings. The number of guanidine groups is 1. The number of morpholine rings is 1. The molecule has 2 atom stereocenters. The number of aromatic nitrogens is 1. The highest BCUT2D eigenvalue weighted by molar-refractivity contribution is 5.81. The quantitative estimate of drug-likeness (QED) is 0.489. The fourth-order valence-corrected chi connectivity index (χ4v) is 3.94. The van der Waals surface area contributed by atoms with Gasteiger partial charge in [0.05, 0.1) is 25.3 Å². The van der Waals surface area contributed by atoms with E-state index in [2.05, 4.69) is 24.0 Å². The Kier molecular flexibility index (Phi) is 6.32. The largest absolute Gasteiger partial charge is 0.377 e. The summed E-state index contributed by atoms with van der Waals surface area (Å²) in [6.07, 6.45) is 1.23. The number of rotatable bonds is 5. The topological polar surface area (TPSA) is 76.9 Å². The van der Waals surface area contributed by atoms with Crippen LogP contribution < -0.4 is 5.73 Å². The second-order valence-electron chi connectivity index (χ2n) is 7.94. The van der Waals surface area contributed by atoms with E-state index in [-0.39, 0.29) is 17.9 Å². The van der Waals surface area contributed by atoms with Crippen molar-refractivity contribution in [1.82, 2.24) is 10.1 Å². The van der Waals surface area contributed by atoms with E-state index < -0.39 is 0 Å². The lowest BCUT2D eigenvalue weighted by molar-refractivity contribution is -0.00122. The van der Waals surface area contributed by atoms with Gasteiger partial charge in [-0.2, -0.15) is 4.99 Å². The van der Waals surface area contributed by atoms with Crippen LogP contribution in [-0.4, -0.2) is 41.3 Å². The number of nitrogens with two attached hydrogens (primary N) is 1. The smallest absolute Gasteiger partial charge is 0.198 e. The lowest BCUT2D eigenvalue weighted by Crippen LogP contribution is -2.55. The van der Waals surface area contributed by atoms with Gasteiger partial charge in [-0.3, -0.25) is 0 Å². The van der Waals surface area contributed by atoms with Crippen molar-refractivity contribution in [2.45, 2.75) is 38.8 Å². The Bertz CT molecular complexity index is 1040. The second-order valence-corrected chi connectivity index (χ2v) is 7.94. The molecule has 0 bridgehead atoms. The van der Waals surface area contributed by atoms with Crippen LogP contribution in [0.1, 0.15) is 25.2 Å². The van der Waals surface area contributed by atoms with Crippen molar-refractivity contribution < 1.29 is 13.7 Å². The van der Waals surface area contributed by atoms with Crippen LogP contribution in [0.2, 0.25) is 0 Å². The molecule has 6 nitrogen and oxygen atoms in total. The molecular weight excluding hydrogens is 395 g/mol. The molecule has 2 aromatic carbocycles. The van der Waals surface area contributed by atoms with Gasteiger partial charge in [-0.1, -0.05) is 47.6 Å². The van der Waals surface area contributed by atoms with Gasteiger partial charge in [-0.15, -0.1) is 0 Å². The minimum atomic E-state index is -0.229. The monoisotopic (exact) mass is 422 g/mol. The van der Waals surface area contributed by atoms with E-state index in [4.69, 9.17) is 15.0 Å². The Morgan fingerprint density at radius 3 is 2.55 bits per heavy atom. The van der Waals surface area contributed by atoms with Gasteiger partial charge in [-0.25, -0.2) is 4.39 Å². The Balaban J connectivity index is 1.40. The molecule has 2 N–H and O–H groups in total. The van der Waals surface area contributed by atoms with E-state index in [1.54, 1.807) is 12.1 Å². The van der Waals surface area contributed by atoms with E-state index >= 15 is 0 Å². The first kappa shape index (κ1) is 21.1. The highest BCUT2D eigenvalue weighted by Crippen LogP contribution is 2.24. The summed E-state index contributed by atoms with van der Waals surface area (Å²) in [7, 11) is 0. The Morgan fingerprint density at radius 2 is 1.84 bits per heavy atom. The average molecular weight is 423 g/mol. The minimum Gasteiger partial charge on any atom is -0.377 e. The molecule has 0 amide bonds. The summed E-state index contributed by atoms with van der Waals surface area (Å²) < 4.78 is 25.5. The normalized spacial score (nSPS) is 19.6. The number of benzene rings is 2. The van der Waals surface area contributed by atoms with Crippen LogP contribution in [-0.2, 0) is 17.6 Å². The van der Waals surface area contributed by atoms with Crippen molar-refractivity contribution in [2.75, 3.05) is 13.2 Å². The third-order valence-corrected chi connectivity index (χ3v) is 5.49. The lowest BCUT2D eigenvalue weighted by Gasteiger charge is -2.39. The van der Waals surface area contributed by atoms with Gasteiger partial charge in [-0.05, 0) is 37.5 Å². The molecule has 162 valence electrons. The summed E-state index contributed by atoms with van der Waals surface area (Å²) >= 11 is 0. The number of ether oxygens (including phenoxy) is 1. The number of aliphatic imine (C=N–C) groups is 1. The highest BCUT2D eigenvalue weighted by Gasteiger charge is 2.27. The van der Waals surface area contributed by atoms with Crippen molar-refractivity contribution in [2.24, 2.45) is 10.7 Å². The van der Waals surface area contributed by atoms with Crippen LogP contribution in [0.25, 0.3) is 11.1 Å². The maximum Gasteiger partial charge on any atom is 0.198 e. The van der Waals surface area contributed by atoms with Crippen LogP contribution in [0.15, 0.2) is 64.1 Å². The summed E-state index contributed by atoms with van der Waals surface area (Å²) in [6, 6.07) is 16.9. The third-order valence-electron chi connectivity index (χ3n) is 5.49. The summed E-state index contributed by atoms with van der Waals surface area (Å²) in [4.78, 5) is 6.46. The zero-order valence-corrected chi connectivity index (χ0v) is 17.8. The van der Waals surface area contributed by atoms with Gasteiger partial charge in [0, 0.05) is 18.1 Å². The number of aryl methyl sites for hydroxylation is 2. The van der Waals surface area contributed by atoms with Crippen LogP contribution in [0.5, 0.6) is 0 Å². The predicted molar refractivity (Wildman–Crippen MR) is 119 cm³/mol. The fourth-order valence-electron chi connectivity index (χ4n) is 3.94. The first-order valence-electron chi connectivity index (χ1n) is 10.5. The number of hydrogen-bond donors (Lipinski definition) is 1. The molecule has 1 saturated heterocycles. The average Bonchev–Trinajstić information content (AvgIpc) is 3.20. The van der Waals surface area contributed by atoms with Crippen LogP contribution >= 0.6 is 0 Å². The first-order valence-corrected chi connectivity index (χ1v) is 10.5. The first-order chi connectivity index (χ1) is 15.0. The summed E-state index contributed by atoms with van der Waals surface area (Å²) in [6.45, 7) is 5.33. The molecule has 0 saturated carbocycles. The molecule has 1 aliphatic heterocycles. The zero-order valence-electron chi connectivity index (χ0n) is 17.8. The molecule has 1 aromatic heterocycles. The molecule has 7 heteroatoms.